The molecule has 7 heteroatoms. The summed E-state index contributed by atoms with van der Waals surface area (Å²) in [5.41, 5.74) is 0. The van der Waals surface area contributed by atoms with E-state index >= 15 is 0 Å². The van der Waals surface area contributed by atoms with Gasteiger partial charge >= 0.3 is 86.6 Å². The topological polar surface area (TPSA) is 63.2 Å². The molecule has 0 spiro atoms. The number of rotatable bonds is 0. The van der Waals surface area contributed by atoms with Crippen molar-refractivity contribution in [2.75, 3.05) is 0 Å². The second kappa shape index (κ2) is 15.9. The molecule has 0 aliphatic carbocycles. The smallest absolute Gasteiger partial charge is 1.00 e. The van der Waals surface area contributed by atoms with Gasteiger partial charge in [-0.2, -0.15) is 9.90 Å². The summed E-state index contributed by atoms with van der Waals surface area (Å²) >= 11 is 0. The number of hydrogen-bond acceptors (Lipinski definition) is 3. The van der Waals surface area contributed by atoms with Crippen molar-refractivity contribution in [1.29, 1.82) is 0 Å². The first-order valence-electron chi connectivity index (χ1n) is 0.612. The molecule has 0 N–H and O–H groups in total. The van der Waals surface area contributed by atoms with Gasteiger partial charge in [0, 0.05) is 9.17 Å². The third-order valence-electron chi connectivity index (χ3n) is 0. The van der Waals surface area contributed by atoms with Gasteiger partial charge in [0.1, 0.15) is 0 Å². The average molecular weight is 290 g/mol. The summed E-state index contributed by atoms with van der Waals surface area (Å²) in [4.78, 5) is 17.0. The average Bonchev–Trinajstić information content (AvgIpc) is 0.811. The minimum atomic E-state index is -3.63. The van der Waals surface area contributed by atoms with Crippen molar-refractivity contribution in [3.63, 3.8) is 0 Å². The van der Waals surface area contributed by atoms with E-state index in [1.54, 1.807) is 0 Å². The fraction of sp³-hybridized carbons (Fsp3) is 0. The van der Waals surface area contributed by atoms with Crippen LogP contribution >= 0.6 is 9.90 Å². The Morgan fingerprint density at radius 1 is 1.43 bits per heavy atom. The standard InChI is InChI=1S/Ba.Ca.O3Si.H3P.2H/c;;1-4(2)3;;;/h;;;1H3;;/q2*+2;-2;;2*-1. The zero-order valence-electron chi connectivity index (χ0n) is 5.85. The van der Waals surface area contributed by atoms with Gasteiger partial charge < -0.3 is 16.9 Å². The van der Waals surface area contributed by atoms with Crippen molar-refractivity contribution in [1.82, 2.24) is 0 Å². The van der Waals surface area contributed by atoms with Gasteiger partial charge in [0.2, 0.25) is 0 Å². The van der Waals surface area contributed by atoms with E-state index in [0.717, 1.165) is 0 Å². The molecule has 0 aliphatic rings. The summed E-state index contributed by atoms with van der Waals surface area (Å²) in [7, 11) is -3.63. The first-order chi connectivity index (χ1) is 1.73. The SMILES string of the molecule is O=[Si]([O-])[O-].P.[Ba+2].[Ca+2].[H-].[H-]. The maximum Gasteiger partial charge on any atom is 2.00 e. The quantitative estimate of drug-likeness (QED) is 0.346. The summed E-state index contributed by atoms with van der Waals surface area (Å²) in [6.07, 6.45) is 0. The molecule has 0 bridgehead atoms. The van der Waals surface area contributed by atoms with Crippen molar-refractivity contribution in [2.24, 2.45) is 0 Å². The van der Waals surface area contributed by atoms with Crippen molar-refractivity contribution in [3.8, 4) is 0 Å². The molecule has 1 unspecified atom stereocenters. The number of hydrogen-bond donors (Lipinski definition) is 0. The Bertz CT molecular complexity index is 44.8. The van der Waals surface area contributed by atoms with Gasteiger partial charge in [-0.1, -0.05) is 0 Å². The van der Waals surface area contributed by atoms with Gasteiger partial charge in [0.05, 0.1) is 0 Å². The predicted octanol–water partition coefficient (Wildman–Crippen LogP) is -3.36. The molecule has 7 heavy (non-hydrogen) atoms. The minimum absolute atomic E-state index is 0. The Labute approximate surface area is 120 Å². The van der Waals surface area contributed by atoms with Gasteiger partial charge in [-0.25, -0.2) is 0 Å². The van der Waals surface area contributed by atoms with Crippen LogP contribution in [0.3, 0.4) is 0 Å². The second-order valence-corrected chi connectivity index (χ2v) is 0.750. The zero-order valence-corrected chi connectivity index (χ0v) is 12.9. The summed E-state index contributed by atoms with van der Waals surface area (Å²) in [6, 6.07) is 0. The summed E-state index contributed by atoms with van der Waals surface area (Å²) in [5, 5.41) is 0. The van der Waals surface area contributed by atoms with Crippen LogP contribution in [0.5, 0.6) is 0 Å². The van der Waals surface area contributed by atoms with E-state index in [4.69, 9.17) is 14.1 Å². The normalized spacial score (nSPS) is 3.43. The van der Waals surface area contributed by atoms with E-state index < -0.39 is 9.17 Å². The van der Waals surface area contributed by atoms with Crippen molar-refractivity contribution in [3.05, 3.63) is 0 Å². The van der Waals surface area contributed by atoms with E-state index in [9.17, 15) is 0 Å². The fourth-order valence-electron chi connectivity index (χ4n) is 0. The molecule has 0 radical (unpaired) electrons. The van der Waals surface area contributed by atoms with Crippen LogP contribution in [0.15, 0.2) is 0 Å². The van der Waals surface area contributed by atoms with Gasteiger partial charge in [0.15, 0.2) is 0 Å². The van der Waals surface area contributed by atoms with Gasteiger partial charge in [-0.3, -0.25) is 0 Å². The third kappa shape index (κ3) is 50.7. The molecule has 0 fully saturated rings. The predicted molar refractivity (Wildman–Crippen MR) is 31.3 cm³/mol. The third-order valence-corrected chi connectivity index (χ3v) is 0. The van der Waals surface area contributed by atoms with E-state index in [-0.39, 0.29) is 99.4 Å². The molecule has 1 atom stereocenters. The molecule has 0 amide bonds. The molecular weight excluding hydrogens is 284 g/mol. The monoisotopic (exact) mass is 290 g/mol. The summed E-state index contributed by atoms with van der Waals surface area (Å²) in [6.45, 7) is 0. The largest absolute Gasteiger partial charge is 2.00 e. The first kappa shape index (κ1) is 22.5. The molecule has 36 valence electrons. The van der Waals surface area contributed by atoms with E-state index in [1.165, 1.54) is 0 Å². The van der Waals surface area contributed by atoms with Crippen LogP contribution in [-0.4, -0.2) is 95.8 Å². The molecule has 0 aromatic heterocycles. The van der Waals surface area contributed by atoms with Crippen LogP contribution in [0, 0.1) is 0 Å². The van der Waals surface area contributed by atoms with Crippen LogP contribution in [0.4, 0.5) is 0 Å². The fourth-order valence-corrected chi connectivity index (χ4v) is 0. The Morgan fingerprint density at radius 3 is 1.43 bits per heavy atom. The Balaban J connectivity index is -0.00000000450. The Hall–Kier alpha value is 2.88. The molecule has 0 rings (SSSR count). The molecule has 0 heterocycles. The van der Waals surface area contributed by atoms with Gasteiger partial charge in [-0.05, 0) is 0 Å². The molecular formula is H5BaCaO3PSi. The van der Waals surface area contributed by atoms with E-state index in [0.29, 0.717) is 0 Å². The molecule has 3 nitrogen and oxygen atoms in total. The first-order valence-corrected chi connectivity index (χ1v) is 1.84. The van der Waals surface area contributed by atoms with Crippen LogP contribution in [0.2, 0.25) is 0 Å². The zero-order chi connectivity index (χ0) is 3.58. The molecule has 0 aromatic rings. The maximum absolute atomic E-state index is 8.52. The maximum atomic E-state index is 8.52. The van der Waals surface area contributed by atoms with Crippen LogP contribution in [0.1, 0.15) is 2.85 Å². The summed E-state index contributed by atoms with van der Waals surface area (Å²) < 4.78 is 8.52. The molecule has 0 saturated carbocycles. The summed E-state index contributed by atoms with van der Waals surface area (Å²) in [5.74, 6) is 0. The van der Waals surface area contributed by atoms with E-state index in [1.807, 2.05) is 0 Å². The van der Waals surface area contributed by atoms with Crippen molar-refractivity contribution >= 4 is 106 Å². The van der Waals surface area contributed by atoms with Crippen LogP contribution < -0.4 is 9.59 Å². The van der Waals surface area contributed by atoms with E-state index in [2.05, 4.69) is 0 Å². The second-order valence-electron chi connectivity index (χ2n) is 0.250. The Kier molecular flexibility index (Phi) is 51.3. The van der Waals surface area contributed by atoms with Crippen molar-refractivity contribution < 1.29 is 16.9 Å². The van der Waals surface area contributed by atoms with Gasteiger partial charge in [0.25, 0.3) is 0 Å². The molecule has 0 saturated heterocycles. The van der Waals surface area contributed by atoms with Gasteiger partial charge in [-0.15, -0.1) is 0 Å². The van der Waals surface area contributed by atoms with Crippen molar-refractivity contribution in [2.45, 2.75) is 0 Å². The Morgan fingerprint density at radius 2 is 1.43 bits per heavy atom. The van der Waals surface area contributed by atoms with Crippen LogP contribution in [0.25, 0.3) is 0 Å². The molecule has 0 aliphatic heterocycles. The minimum Gasteiger partial charge on any atom is -1.00 e. The molecule has 0 aromatic carbocycles. The van der Waals surface area contributed by atoms with Crippen LogP contribution in [-0.2, 0) is 4.46 Å².